The molecule has 0 radical (unpaired) electrons. The zero-order valence-corrected chi connectivity index (χ0v) is 16.1. The third kappa shape index (κ3) is 2.51. The topological polar surface area (TPSA) is 55.4 Å². The summed E-state index contributed by atoms with van der Waals surface area (Å²) in [5.74, 6) is 0.376. The lowest BCUT2D eigenvalue weighted by Crippen LogP contribution is -2.84. The van der Waals surface area contributed by atoms with Gasteiger partial charge in [-0.05, 0) is 37.3 Å². The third-order valence-electron chi connectivity index (χ3n) is 7.91. The van der Waals surface area contributed by atoms with Crippen LogP contribution in [0.4, 0.5) is 4.39 Å². The van der Waals surface area contributed by atoms with Gasteiger partial charge in [0.05, 0.1) is 12.6 Å². The van der Waals surface area contributed by atoms with Crippen LogP contribution in [0, 0.1) is 29.0 Å². The number of fused-ring (bicyclic) bond motifs is 2. The molecule has 0 aromatic heterocycles. The highest BCUT2D eigenvalue weighted by molar-refractivity contribution is 5.76. The van der Waals surface area contributed by atoms with Crippen LogP contribution < -0.4 is 5.32 Å². The summed E-state index contributed by atoms with van der Waals surface area (Å²) >= 11 is 0. The maximum absolute atomic E-state index is 13.1. The summed E-state index contributed by atoms with van der Waals surface area (Å²) in [7, 11) is 0. The first-order valence-electron chi connectivity index (χ1n) is 10.4. The Balaban J connectivity index is 1.30. The highest BCUT2D eigenvalue weighted by Gasteiger charge is 2.78. The predicted molar refractivity (Wildman–Crippen MR) is 97.1 cm³/mol. The van der Waals surface area contributed by atoms with Gasteiger partial charge in [-0.2, -0.15) is 0 Å². The van der Waals surface area contributed by atoms with E-state index in [-0.39, 0.29) is 46.8 Å². The molecule has 2 heterocycles. The number of benzene rings is 1. The second-order valence-corrected chi connectivity index (χ2v) is 9.40. The summed E-state index contributed by atoms with van der Waals surface area (Å²) < 4.78 is 25.4. The van der Waals surface area contributed by atoms with E-state index in [0.29, 0.717) is 12.5 Å². The van der Waals surface area contributed by atoms with Crippen LogP contribution in [-0.2, 0) is 20.8 Å². The monoisotopic (exact) mass is 374 g/mol. The molecule has 0 amide bonds. The van der Waals surface area contributed by atoms with Crippen LogP contribution in [0.15, 0.2) is 24.3 Å². The maximum atomic E-state index is 13.1. The largest absolute Gasteiger partial charge is 0.462 e. The molecule has 2 N–H and O–H groups in total. The van der Waals surface area contributed by atoms with Crippen molar-refractivity contribution in [1.29, 1.82) is 0 Å². The average molecular weight is 374 g/mol. The van der Waals surface area contributed by atoms with Gasteiger partial charge >= 0.3 is 5.97 Å². The lowest BCUT2D eigenvalue weighted by molar-refractivity contribution is -0.675. The first kappa shape index (κ1) is 17.6. The fourth-order valence-electron chi connectivity index (χ4n) is 6.55. The number of epoxide rings is 1. The summed E-state index contributed by atoms with van der Waals surface area (Å²) in [6.07, 6.45) is 4.77. The molecular formula is C22H29FNO3+. The summed E-state index contributed by atoms with van der Waals surface area (Å²) in [6, 6.07) is 6.57. The molecule has 7 atom stereocenters. The Morgan fingerprint density at radius 2 is 2.07 bits per heavy atom. The predicted octanol–water partition coefficient (Wildman–Crippen LogP) is 2.41. The Kier molecular flexibility index (Phi) is 3.93. The van der Waals surface area contributed by atoms with E-state index in [0.717, 1.165) is 18.5 Å². The van der Waals surface area contributed by atoms with Gasteiger partial charge in [0.25, 0.3) is 0 Å². The minimum absolute atomic E-state index is 0.0117. The van der Waals surface area contributed by atoms with Gasteiger partial charge in [-0.1, -0.05) is 32.4 Å². The normalized spacial score (nSPS) is 44.9. The van der Waals surface area contributed by atoms with Gasteiger partial charge in [0.15, 0.2) is 0 Å². The Labute approximate surface area is 159 Å². The van der Waals surface area contributed by atoms with Crippen LogP contribution in [0.25, 0.3) is 0 Å². The van der Waals surface area contributed by atoms with Crippen LogP contribution in [0.1, 0.15) is 45.1 Å². The van der Waals surface area contributed by atoms with E-state index in [4.69, 9.17) is 9.47 Å². The summed E-state index contributed by atoms with van der Waals surface area (Å²) in [5, 5.41) is 2.15. The van der Waals surface area contributed by atoms with Crippen molar-refractivity contribution in [1.82, 2.24) is 0 Å². The molecule has 1 aromatic carbocycles. The molecule has 1 aromatic rings. The summed E-state index contributed by atoms with van der Waals surface area (Å²) in [6.45, 7) is 6.12. The molecule has 4 aliphatic rings. The molecule has 4 nitrogen and oxygen atoms in total. The smallest absolute Gasteiger partial charge is 0.315 e. The van der Waals surface area contributed by atoms with Crippen LogP contribution in [-0.4, -0.2) is 30.3 Å². The lowest BCUT2D eigenvalue weighted by Gasteiger charge is -2.48. The number of hydrogen-bond acceptors (Lipinski definition) is 3. The van der Waals surface area contributed by atoms with Crippen molar-refractivity contribution in [2.45, 2.75) is 63.9 Å². The fraction of sp³-hybridized carbons (Fsp3) is 0.682. The summed E-state index contributed by atoms with van der Waals surface area (Å²) in [4.78, 5) is 12.6. The van der Waals surface area contributed by atoms with Crippen molar-refractivity contribution in [3.05, 3.63) is 35.6 Å². The highest BCUT2D eigenvalue weighted by Crippen LogP contribution is 2.70. The molecule has 2 aliphatic heterocycles. The van der Waals surface area contributed by atoms with Gasteiger partial charge in [0, 0.05) is 16.9 Å². The molecule has 5 heteroatoms. The van der Waals surface area contributed by atoms with E-state index in [9.17, 15) is 9.18 Å². The Morgan fingerprint density at radius 3 is 2.85 bits per heavy atom. The number of nitrogens with two attached hydrogens (primary N) is 1. The van der Waals surface area contributed by atoms with Gasteiger partial charge in [-0.3, -0.25) is 4.79 Å². The lowest BCUT2D eigenvalue weighted by atomic mass is 9.53. The number of hydrogen-bond donors (Lipinski definition) is 1. The first-order valence-corrected chi connectivity index (χ1v) is 10.4. The molecule has 2 saturated heterocycles. The zero-order valence-electron chi connectivity index (χ0n) is 16.1. The number of quaternary nitrogens is 1. The fourth-order valence-corrected chi connectivity index (χ4v) is 6.55. The zero-order chi connectivity index (χ0) is 18.8. The average Bonchev–Trinajstić information content (AvgIpc) is 3.31. The minimum Gasteiger partial charge on any atom is -0.462 e. The molecular weight excluding hydrogens is 345 g/mol. The Bertz CT molecular complexity index is 752. The molecule has 5 rings (SSSR count). The highest BCUT2D eigenvalue weighted by atomic mass is 19.1. The van der Waals surface area contributed by atoms with Gasteiger partial charge in [-0.25, -0.2) is 4.39 Å². The number of halogens is 1. The van der Waals surface area contributed by atoms with E-state index < -0.39 is 0 Å². The van der Waals surface area contributed by atoms with Crippen molar-refractivity contribution in [3.63, 3.8) is 0 Å². The molecule has 1 spiro atoms. The van der Waals surface area contributed by atoms with Crippen molar-refractivity contribution in [3.8, 4) is 0 Å². The first-order chi connectivity index (χ1) is 12.9. The van der Waals surface area contributed by atoms with Gasteiger partial charge < -0.3 is 14.8 Å². The molecule has 146 valence electrons. The van der Waals surface area contributed by atoms with Crippen LogP contribution in [0.2, 0.25) is 0 Å². The minimum atomic E-state index is -0.219. The maximum Gasteiger partial charge on any atom is 0.315 e. The molecule has 4 fully saturated rings. The van der Waals surface area contributed by atoms with E-state index >= 15 is 0 Å². The van der Waals surface area contributed by atoms with Crippen molar-refractivity contribution < 1.29 is 24.0 Å². The van der Waals surface area contributed by atoms with E-state index in [2.05, 4.69) is 19.2 Å². The second kappa shape index (κ2) is 6.02. The van der Waals surface area contributed by atoms with Gasteiger partial charge in [0.2, 0.25) is 0 Å². The van der Waals surface area contributed by atoms with Crippen LogP contribution in [0.3, 0.4) is 0 Å². The molecule has 0 bridgehead atoms. The van der Waals surface area contributed by atoms with Crippen molar-refractivity contribution >= 4 is 5.97 Å². The molecule has 2 aliphatic carbocycles. The van der Waals surface area contributed by atoms with Crippen molar-refractivity contribution in [2.24, 2.45) is 23.2 Å². The Morgan fingerprint density at radius 1 is 1.30 bits per heavy atom. The number of esters is 1. The van der Waals surface area contributed by atoms with E-state index in [1.807, 2.05) is 0 Å². The van der Waals surface area contributed by atoms with Gasteiger partial charge in [0.1, 0.15) is 30.0 Å². The molecule has 2 saturated carbocycles. The molecule has 27 heavy (non-hydrogen) atoms. The second-order valence-electron chi connectivity index (χ2n) is 9.40. The van der Waals surface area contributed by atoms with Crippen LogP contribution in [0.5, 0.6) is 0 Å². The van der Waals surface area contributed by atoms with Crippen molar-refractivity contribution in [2.75, 3.05) is 6.54 Å². The summed E-state index contributed by atoms with van der Waals surface area (Å²) in [5.41, 5.74) is 1.18. The quantitative estimate of drug-likeness (QED) is 0.650. The standard InChI is InChI=1S/C22H28FNO3/c1-13-4-3-9-21(2)10-17-18(19-22(13,21)27-19)16(20(25)26-17)12-24-11-14-5-7-15(23)8-6-14/h5-8,13,16-19,24H,3-4,9-12H2,1-2H3/p+1/t13-,16+,17+,18+,19-,21+,22-/m0/s1. The van der Waals surface area contributed by atoms with E-state index in [1.165, 1.54) is 31.4 Å². The van der Waals surface area contributed by atoms with Crippen LogP contribution >= 0.6 is 0 Å². The van der Waals surface area contributed by atoms with E-state index in [1.54, 1.807) is 12.1 Å². The number of carbonyl (C=O) groups is 1. The molecule has 0 unspecified atom stereocenters. The number of carbonyl (C=O) groups excluding carboxylic acids is 1. The number of ether oxygens (including phenoxy) is 2. The number of rotatable bonds is 4. The third-order valence-corrected chi connectivity index (χ3v) is 7.91. The Hall–Kier alpha value is -1.46. The SMILES string of the molecule is C[C@H]1CCC[C@]2(C)C[C@H]3OC(=O)[C@H](C[NH2+]Cc4ccc(F)cc4)[C@H]3[C@@H]3O[C@@]132. The van der Waals surface area contributed by atoms with Gasteiger partial charge in [-0.15, -0.1) is 0 Å².